The lowest BCUT2D eigenvalue weighted by Gasteiger charge is -2.06. The summed E-state index contributed by atoms with van der Waals surface area (Å²) in [6, 6.07) is 0. The minimum absolute atomic E-state index is 0.297. The van der Waals surface area contributed by atoms with Gasteiger partial charge >= 0.3 is 0 Å². The molecule has 5 heteroatoms. The molecule has 1 rings (SSSR count). The van der Waals surface area contributed by atoms with Crippen LogP contribution in [0.2, 0.25) is 5.02 Å². The lowest BCUT2D eigenvalue weighted by molar-refractivity contribution is 0.370. The van der Waals surface area contributed by atoms with Crippen molar-refractivity contribution in [3.05, 3.63) is 10.8 Å². The third-order valence-electron chi connectivity index (χ3n) is 1.29. The Morgan fingerprint density at radius 1 is 1.08 bits per heavy atom. The van der Waals surface area contributed by atoms with Crippen molar-refractivity contribution in [3.8, 4) is 11.8 Å². The van der Waals surface area contributed by atoms with Gasteiger partial charge in [-0.15, -0.1) is 0 Å². The Balaban J connectivity index is 3.22. The molecule has 0 aromatic carbocycles. The van der Waals surface area contributed by atoms with Crippen molar-refractivity contribution >= 4 is 11.6 Å². The lowest BCUT2D eigenvalue weighted by atomic mass is 10.5. The van der Waals surface area contributed by atoms with Gasteiger partial charge in [0, 0.05) is 0 Å². The van der Waals surface area contributed by atoms with Gasteiger partial charge in [-0.2, -0.15) is 9.97 Å². The Hall–Kier alpha value is -1.03. The number of nitrogens with zero attached hydrogens (tertiary/aromatic N) is 2. The quantitative estimate of drug-likeness (QED) is 0.705. The molecule has 0 saturated carbocycles. The van der Waals surface area contributed by atoms with Gasteiger partial charge < -0.3 is 9.47 Å². The van der Waals surface area contributed by atoms with Crippen LogP contribution in [-0.4, -0.2) is 24.2 Å². The molecule has 0 aliphatic rings. The monoisotopic (exact) mass is 188 g/mol. The minimum Gasteiger partial charge on any atom is -0.480 e. The second-order valence-corrected chi connectivity index (χ2v) is 2.48. The molecule has 0 N–H and O–H groups in total. The number of hydrogen-bond donors (Lipinski definition) is 0. The van der Waals surface area contributed by atoms with Crippen molar-refractivity contribution in [2.45, 2.75) is 6.92 Å². The molecule has 66 valence electrons. The van der Waals surface area contributed by atoms with E-state index in [1.165, 1.54) is 14.2 Å². The fourth-order valence-electron chi connectivity index (χ4n) is 0.779. The Morgan fingerprint density at radius 2 is 1.50 bits per heavy atom. The maximum Gasteiger partial charge on any atom is 0.239 e. The van der Waals surface area contributed by atoms with E-state index in [1.54, 1.807) is 6.92 Å². The van der Waals surface area contributed by atoms with Gasteiger partial charge in [0.05, 0.1) is 14.2 Å². The Kier molecular flexibility index (Phi) is 2.70. The second-order valence-electron chi connectivity index (χ2n) is 2.10. The topological polar surface area (TPSA) is 44.2 Å². The summed E-state index contributed by atoms with van der Waals surface area (Å²) < 4.78 is 9.81. The average molecular weight is 189 g/mol. The highest BCUT2D eigenvalue weighted by Crippen LogP contribution is 2.29. The predicted octanol–water partition coefficient (Wildman–Crippen LogP) is 1.46. The van der Waals surface area contributed by atoms with Crippen LogP contribution in [0.4, 0.5) is 0 Å². The molecule has 0 fully saturated rings. The molecule has 0 aliphatic heterocycles. The largest absolute Gasteiger partial charge is 0.480 e. The predicted molar refractivity (Wildman–Crippen MR) is 44.9 cm³/mol. The maximum atomic E-state index is 5.81. The highest BCUT2D eigenvalue weighted by molar-refractivity contribution is 6.33. The number of hydrogen-bond acceptors (Lipinski definition) is 4. The van der Waals surface area contributed by atoms with Gasteiger partial charge in [0.25, 0.3) is 0 Å². The molecule has 0 spiro atoms. The van der Waals surface area contributed by atoms with Crippen LogP contribution in [0.5, 0.6) is 11.8 Å². The number of methoxy groups -OCH3 is 2. The second kappa shape index (κ2) is 3.58. The first-order valence-electron chi connectivity index (χ1n) is 3.31. The Labute approximate surface area is 75.5 Å². The molecule has 0 radical (unpaired) electrons. The Bertz CT molecular complexity index is 266. The van der Waals surface area contributed by atoms with E-state index in [-0.39, 0.29) is 0 Å². The van der Waals surface area contributed by atoms with Gasteiger partial charge in [-0.05, 0) is 6.92 Å². The van der Waals surface area contributed by atoms with E-state index in [2.05, 4.69) is 9.97 Å². The van der Waals surface area contributed by atoms with Crippen LogP contribution in [0, 0.1) is 6.92 Å². The van der Waals surface area contributed by atoms with E-state index in [0.717, 1.165) is 0 Å². The van der Waals surface area contributed by atoms with E-state index < -0.39 is 0 Å². The van der Waals surface area contributed by atoms with Crippen LogP contribution < -0.4 is 9.47 Å². The van der Waals surface area contributed by atoms with Crippen LogP contribution in [0.3, 0.4) is 0 Å². The van der Waals surface area contributed by atoms with Gasteiger partial charge in [0.1, 0.15) is 5.82 Å². The first kappa shape index (κ1) is 9.06. The highest BCUT2D eigenvalue weighted by atomic mass is 35.5. The molecule has 1 aromatic rings. The van der Waals surface area contributed by atoms with E-state index >= 15 is 0 Å². The fraction of sp³-hybridized carbons (Fsp3) is 0.429. The number of aryl methyl sites for hydroxylation is 1. The molecule has 4 nitrogen and oxygen atoms in total. The van der Waals surface area contributed by atoms with Crippen molar-refractivity contribution in [3.63, 3.8) is 0 Å². The molecule has 0 bridgehead atoms. The van der Waals surface area contributed by atoms with E-state index in [1.807, 2.05) is 0 Å². The van der Waals surface area contributed by atoms with Crippen LogP contribution in [0.1, 0.15) is 5.82 Å². The fourth-order valence-corrected chi connectivity index (χ4v) is 1.02. The molecular weight excluding hydrogens is 180 g/mol. The molecule has 0 aliphatic carbocycles. The SMILES string of the molecule is COc1nc(C)nc(OC)c1Cl. The van der Waals surface area contributed by atoms with Crippen molar-refractivity contribution < 1.29 is 9.47 Å². The van der Waals surface area contributed by atoms with Crippen LogP contribution in [-0.2, 0) is 0 Å². The number of rotatable bonds is 2. The zero-order chi connectivity index (χ0) is 9.14. The third kappa shape index (κ3) is 1.58. The highest BCUT2D eigenvalue weighted by Gasteiger charge is 2.11. The number of halogens is 1. The first-order chi connectivity index (χ1) is 5.69. The van der Waals surface area contributed by atoms with Crippen LogP contribution in [0.15, 0.2) is 0 Å². The van der Waals surface area contributed by atoms with Crippen molar-refractivity contribution in [1.29, 1.82) is 0 Å². The van der Waals surface area contributed by atoms with Crippen molar-refractivity contribution in [1.82, 2.24) is 9.97 Å². The van der Waals surface area contributed by atoms with E-state index in [9.17, 15) is 0 Å². The molecule has 0 saturated heterocycles. The summed E-state index contributed by atoms with van der Waals surface area (Å²) >= 11 is 5.81. The summed E-state index contributed by atoms with van der Waals surface area (Å²) in [4.78, 5) is 7.91. The summed E-state index contributed by atoms with van der Waals surface area (Å²) in [7, 11) is 2.99. The van der Waals surface area contributed by atoms with E-state index in [4.69, 9.17) is 21.1 Å². The van der Waals surface area contributed by atoms with Gasteiger partial charge in [0.2, 0.25) is 11.8 Å². The molecular formula is C7H9ClN2O2. The lowest BCUT2D eigenvalue weighted by Crippen LogP contribution is -1.98. The van der Waals surface area contributed by atoms with Gasteiger partial charge in [-0.1, -0.05) is 11.6 Å². The summed E-state index contributed by atoms with van der Waals surface area (Å²) in [5, 5.41) is 0.297. The van der Waals surface area contributed by atoms with Gasteiger partial charge in [0.15, 0.2) is 5.02 Å². The van der Waals surface area contributed by atoms with Crippen molar-refractivity contribution in [2.24, 2.45) is 0 Å². The minimum atomic E-state index is 0.297. The zero-order valence-electron chi connectivity index (χ0n) is 7.09. The molecule has 0 unspecified atom stereocenters. The van der Waals surface area contributed by atoms with Gasteiger partial charge in [-0.3, -0.25) is 0 Å². The van der Waals surface area contributed by atoms with E-state index in [0.29, 0.717) is 22.6 Å². The summed E-state index contributed by atoms with van der Waals surface area (Å²) in [6.07, 6.45) is 0. The number of ether oxygens (including phenoxy) is 2. The normalized spacial score (nSPS) is 9.67. The summed E-state index contributed by atoms with van der Waals surface area (Å²) in [5.41, 5.74) is 0. The smallest absolute Gasteiger partial charge is 0.239 e. The first-order valence-corrected chi connectivity index (χ1v) is 3.69. The molecule has 1 heterocycles. The third-order valence-corrected chi connectivity index (χ3v) is 1.61. The van der Waals surface area contributed by atoms with Gasteiger partial charge in [-0.25, -0.2) is 0 Å². The summed E-state index contributed by atoms with van der Waals surface area (Å²) in [6.45, 7) is 1.74. The maximum absolute atomic E-state index is 5.81. The molecule has 0 amide bonds. The molecule has 0 atom stereocenters. The number of aromatic nitrogens is 2. The van der Waals surface area contributed by atoms with Crippen LogP contribution >= 0.6 is 11.6 Å². The standard InChI is InChI=1S/C7H9ClN2O2/c1-4-9-6(11-2)5(8)7(10-4)12-3/h1-3H3. The zero-order valence-corrected chi connectivity index (χ0v) is 7.84. The van der Waals surface area contributed by atoms with Crippen molar-refractivity contribution in [2.75, 3.05) is 14.2 Å². The van der Waals surface area contributed by atoms with Crippen LogP contribution in [0.25, 0.3) is 0 Å². The molecule has 12 heavy (non-hydrogen) atoms. The summed E-state index contributed by atoms with van der Waals surface area (Å²) in [5.74, 6) is 1.23. The Morgan fingerprint density at radius 3 is 1.83 bits per heavy atom. The average Bonchev–Trinajstić information content (AvgIpc) is 2.08. The molecule has 1 aromatic heterocycles.